The Labute approximate surface area is 193 Å². The number of rotatable bonds is 5. The summed E-state index contributed by atoms with van der Waals surface area (Å²) in [4.78, 5) is 11.7. The van der Waals surface area contributed by atoms with Crippen molar-refractivity contribution in [3.8, 4) is 22.9 Å². The topological polar surface area (TPSA) is 86.6 Å². The van der Waals surface area contributed by atoms with Crippen LogP contribution in [0.1, 0.15) is 24.0 Å². The number of anilines is 2. The highest BCUT2D eigenvalue weighted by atomic mass is 16.5. The van der Waals surface area contributed by atoms with E-state index in [2.05, 4.69) is 34.3 Å². The molecule has 1 N–H and O–H groups in total. The fourth-order valence-electron chi connectivity index (χ4n) is 4.51. The maximum atomic E-state index is 6.42. The molecule has 0 aliphatic carbocycles. The van der Waals surface area contributed by atoms with E-state index in [-0.39, 0.29) is 12.2 Å². The Hall–Kier alpha value is -3.17. The fourth-order valence-corrected chi connectivity index (χ4v) is 4.51. The molecular weight excluding hydrogens is 420 g/mol. The van der Waals surface area contributed by atoms with Crippen LogP contribution < -0.4 is 14.8 Å². The van der Waals surface area contributed by atoms with Crippen LogP contribution in [0.5, 0.6) is 11.8 Å². The summed E-state index contributed by atoms with van der Waals surface area (Å²) in [6.07, 6.45) is 5.92. The Kier molecular flexibility index (Phi) is 5.90. The zero-order valence-corrected chi connectivity index (χ0v) is 19.5. The zero-order valence-electron chi connectivity index (χ0n) is 19.5. The SMILES string of the molecule is COc1nc(Nc2cc(C)c3c(n2)OC(C2CCCO2)CN(C)C3)ccc1-c1cnn(C)c1. The molecule has 3 aromatic heterocycles. The Morgan fingerprint density at radius 1 is 1.15 bits per heavy atom. The van der Waals surface area contributed by atoms with Crippen molar-refractivity contribution >= 4 is 11.6 Å². The molecule has 1 saturated heterocycles. The highest BCUT2D eigenvalue weighted by Crippen LogP contribution is 2.33. The minimum Gasteiger partial charge on any atom is -0.480 e. The van der Waals surface area contributed by atoms with Gasteiger partial charge in [0.15, 0.2) is 0 Å². The van der Waals surface area contributed by atoms with Crippen LogP contribution in [-0.2, 0) is 18.3 Å². The third-order valence-electron chi connectivity index (χ3n) is 6.20. The van der Waals surface area contributed by atoms with Crippen molar-refractivity contribution in [3.05, 3.63) is 41.7 Å². The average Bonchev–Trinajstić information content (AvgIpc) is 3.44. The second-order valence-electron chi connectivity index (χ2n) is 8.79. The number of likely N-dealkylation sites (N-methyl/N-ethyl adjacent to an activating group) is 1. The molecule has 9 nitrogen and oxygen atoms in total. The third kappa shape index (κ3) is 4.51. The van der Waals surface area contributed by atoms with Gasteiger partial charge in [0.1, 0.15) is 17.7 Å². The maximum absolute atomic E-state index is 6.42. The highest BCUT2D eigenvalue weighted by molar-refractivity contribution is 5.70. The van der Waals surface area contributed by atoms with Crippen LogP contribution in [0.15, 0.2) is 30.6 Å². The smallest absolute Gasteiger partial charge is 0.223 e. The number of hydrogen-bond donors (Lipinski definition) is 1. The van der Waals surface area contributed by atoms with E-state index in [1.165, 1.54) is 0 Å². The van der Waals surface area contributed by atoms with E-state index in [4.69, 9.17) is 19.2 Å². The molecule has 0 saturated carbocycles. The molecule has 5 rings (SSSR count). The van der Waals surface area contributed by atoms with Gasteiger partial charge in [-0.25, -0.2) is 0 Å². The Bertz CT molecular complexity index is 1140. The van der Waals surface area contributed by atoms with Gasteiger partial charge >= 0.3 is 0 Å². The first-order valence-electron chi connectivity index (χ1n) is 11.3. The van der Waals surface area contributed by atoms with Gasteiger partial charge in [0.25, 0.3) is 0 Å². The lowest BCUT2D eigenvalue weighted by molar-refractivity contribution is 0.00123. The summed E-state index contributed by atoms with van der Waals surface area (Å²) >= 11 is 0. The van der Waals surface area contributed by atoms with Crippen molar-refractivity contribution in [2.75, 3.05) is 32.6 Å². The predicted molar refractivity (Wildman–Crippen MR) is 125 cm³/mol. The first-order valence-corrected chi connectivity index (χ1v) is 11.3. The largest absolute Gasteiger partial charge is 0.480 e. The van der Waals surface area contributed by atoms with Crippen molar-refractivity contribution in [2.45, 2.75) is 38.5 Å². The molecule has 2 unspecified atom stereocenters. The van der Waals surface area contributed by atoms with Gasteiger partial charge in [-0.1, -0.05) is 0 Å². The molecule has 0 spiro atoms. The van der Waals surface area contributed by atoms with Crippen LogP contribution in [0.3, 0.4) is 0 Å². The molecule has 174 valence electrons. The molecular formula is C24H30N6O3. The van der Waals surface area contributed by atoms with Crippen LogP contribution >= 0.6 is 0 Å². The number of hydrogen-bond acceptors (Lipinski definition) is 8. The molecule has 2 atom stereocenters. The molecule has 33 heavy (non-hydrogen) atoms. The molecule has 0 radical (unpaired) electrons. The van der Waals surface area contributed by atoms with Crippen molar-refractivity contribution in [1.82, 2.24) is 24.6 Å². The monoisotopic (exact) mass is 450 g/mol. The third-order valence-corrected chi connectivity index (χ3v) is 6.20. The maximum Gasteiger partial charge on any atom is 0.223 e. The number of nitrogens with one attached hydrogen (secondary N) is 1. The number of aromatic nitrogens is 4. The van der Waals surface area contributed by atoms with Crippen LogP contribution in [0, 0.1) is 6.92 Å². The van der Waals surface area contributed by atoms with E-state index < -0.39 is 0 Å². The van der Waals surface area contributed by atoms with Gasteiger partial charge in [-0.05, 0) is 50.6 Å². The summed E-state index contributed by atoms with van der Waals surface area (Å²) in [5.41, 5.74) is 4.07. The summed E-state index contributed by atoms with van der Waals surface area (Å²) in [7, 11) is 5.62. The van der Waals surface area contributed by atoms with Crippen LogP contribution in [0.25, 0.3) is 11.1 Å². The second-order valence-corrected chi connectivity index (χ2v) is 8.79. The Morgan fingerprint density at radius 3 is 2.76 bits per heavy atom. The second kappa shape index (κ2) is 8.99. The number of nitrogens with zero attached hydrogens (tertiary/aromatic N) is 5. The number of fused-ring (bicyclic) bond motifs is 1. The van der Waals surface area contributed by atoms with Crippen LogP contribution in [-0.4, -0.2) is 64.2 Å². The number of ether oxygens (including phenoxy) is 3. The highest BCUT2D eigenvalue weighted by Gasteiger charge is 2.32. The predicted octanol–water partition coefficient (Wildman–Crippen LogP) is 3.31. The molecule has 2 aliphatic heterocycles. The molecule has 0 bridgehead atoms. The molecule has 2 aliphatic rings. The molecule has 0 amide bonds. The van der Waals surface area contributed by atoms with E-state index in [0.29, 0.717) is 23.4 Å². The molecule has 0 aromatic carbocycles. The van der Waals surface area contributed by atoms with Crippen molar-refractivity contribution in [3.63, 3.8) is 0 Å². The lowest BCUT2D eigenvalue weighted by Gasteiger charge is -2.24. The zero-order chi connectivity index (χ0) is 22.9. The number of methoxy groups -OCH3 is 1. The summed E-state index contributed by atoms with van der Waals surface area (Å²) in [5.74, 6) is 2.52. The summed E-state index contributed by atoms with van der Waals surface area (Å²) in [5, 5.41) is 7.56. The molecule has 5 heterocycles. The minimum atomic E-state index is -0.0297. The van der Waals surface area contributed by atoms with Gasteiger partial charge in [-0.3, -0.25) is 9.58 Å². The van der Waals surface area contributed by atoms with E-state index in [1.54, 1.807) is 18.0 Å². The van der Waals surface area contributed by atoms with Gasteiger partial charge in [0.2, 0.25) is 11.8 Å². The standard InChI is InChI=1S/C24H30N6O3/c1-15-10-22(26-21-8-7-17(23(27-21)31-4)16-11-25-30(3)12-16)28-24-18(15)13-29(2)14-20(33-24)19-6-5-9-32-19/h7-8,10-12,19-20H,5-6,9,13-14H2,1-4H3,(H,26,27,28). The summed E-state index contributed by atoms with van der Waals surface area (Å²) < 4.78 is 19.6. The average molecular weight is 451 g/mol. The lowest BCUT2D eigenvalue weighted by atomic mass is 10.1. The van der Waals surface area contributed by atoms with E-state index >= 15 is 0 Å². The molecule has 3 aromatic rings. The molecule has 1 fully saturated rings. The van der Waals surface area contributed by atoms with Crippen molar-refractivity contribution in [1.29, 1.82) is 0 Å². The first kappa shape index (κ1) is 21.7. The minimum absolute atomic E-state index is 0.0297. The quantitative estimate of drug-likeness (QED) is 0.634. The number of aryl methyl sites for hydroxylation is 2. The van der Waals surface area contributed by atoms with Crippen molar-refractivity contribution < 1.29 is 14.2 Å². The van der Waals surface area contributed by atoms with E-state index in [9.17, 15) is 0 Å². The van der Waals surface area contributed by atoms with Crippen molar-refractivity contribution in [2.24, 2.45) is 7.05 Å². The van der Waals surface area contributed by atoms with E-state index in [0.717, 1.165) is 54.8 Å². The normalized spacial score (nSPS) is 20.7. The Balaban J connectivity index is 1.42. The number of pyridine rings is 2. The van der Waals surface area contributed by atoms with Crippen LogP contribution in [0.4, 0.5) is 11.6 Å². The van der Waals surface area contributed by atoms with Crippen LogP contribution in [0.2, 0.25) is 0 Å². The first-order chi connectivity index (χ1) is 16.0. The van der Waals surface area contributed by atoms with Gasteiger partial charge in [-0.2, -0.15) is 15.1 Å². The summed E-state index contributed by atoms with van der Waals surface area (Å²) in [6.45, 7) is 4.51. The molecule has 9 heteroatoms. The van der Waals surface area contributed by atoms with Gasteiger partial charge < -0.3 is 19.5 Å². The fraction of sp³-hybridized carbons (Fsp3) is 0.458. The lowest BCUT2D eigenvalue weighted by Crippen LogP contribution is -2.39. The van der Waals surface area contributed by atoms with Gasteiger partial charge in [-0.15, -0.1) is 0 Å². The van der Waals surface area contributed by atoms with Gasteiger partial charge in [0.05, 0.1) is 19.4 Å². The summed E-state index contributed by atoms with van der Waals surface area (Å²) in [6, 6.07) is 5.92. The van der Waals surface area contributed by atoms with E-state index in [1.807, 2.05) is 31.4 Å². The Morgan fingerprint density at radius 2 is 2.03 bits per heavy atom. The van der Waals surface area contributed by atoms with Gasteiger partial charge in [0, 0.05) is 49.6 Å².